The van der Waals surface area contributed by atoms with E-state index in [9.17, 15) is 13.6 Å². The van der Waals surface area contributed by atoms with E-state index in [-0.39, 0.29) is 5.76 Å². The maximum Gasteiger partial charge on any atom is 0.386 e. The van der Waals surface area contributed by atoms with E-state index in [0.29, 0.717) is 0 Å². The first-order valence-corrected chi connectivity index (χ1v) is 3.12. The van der Waals surface area contributed by atoms with Crippen LogP contribution in [0.2, 0.25) is 0 Å². The maximum absolute atomic E-state index is 10.3. The van der Waals surface area contributed by atoms with Gasteiger partial charge in [-0.05, 0) is 6.58 Å². The summed E-state index contributed by atoms with van der Waals surface area (Å²) < 4.78 is 27.3. The molecule has 0 bridgehead atoms. The Morgan fingerprint density at radius 2 is 2.20 bits per heavy atom. The number of carbonyl (C=O) groups excluding carboxylic acids is 1. The van der Waals surface area contributed by atoms with Crippen LogP contribution < -0.4 is 0 Å². The number of methoxy groups -OCH3 is 1. The van der Waals surface area contributed by atoms with Gasteiger partial charge in [0.25, 0.3) is 0 Å². The van der Waals surface area contributed by atoms with Gasteiger partial charge in [-0.3, -0.25) is 0 Å². The van der Waals surface area contributed by atoms with Crippen molar-refractivity contribution in [2.75, 3.05) is 7.11 Å². The van der Waals surface area contributed by atoms with Crippen molar-refractivity contribution < 1.29 is 22.5 Å². The first kappa shape index (κ1) is 9.12. The zero-order valence-electron chi connectivity index (χ0n) is 5.16. The summed E-state index contributed by atoms with van der Waals surface area (Å²) in [5, 5.41) is 0. The lowest BCUT2D eigenvalue weighted by Crippen LogP contribution is -2.09. The molecule has 0 aromatic heterocycles. The van der Waals surface area contributed by atoms with Gasteiger partial charge < -0.3 is 13.5 Å². The Morgan fingerprint density at radius 3 is 2.50 bits per heavy atom. The van der Waals surface area contributed by atoms with Crippen molar-refractivity contribution in [2.24, 2.45) is 0 Å². The van der Waals surface area contributed by atoms with E-state index < -0.39 is 17.3 Å². The van der Waals surface area contributed by atoms with E-state index in [4.69, 9.17) is 0 Å². The van der Waals surface area contributed by atoms with E-state index in [1.165, 1.54) is 7.11 Å². The summed E-state index contributed by atoms with van der Waals surface area (Å²) in [6.45, 7) is 3.06. The molecule has 0 aromatic carbocycles. The average molecular weight is 165 g/mol. The van der Waals surface area contributed by atoms with Crippen molar-refractivity contribution >= 4 is 17.3 Å². The van der Waals surface area contributed by atoms with Gasteiger partial charge in [0, 0.05) is 0 Å². The molecule has 5 nitrogen and oxygen atoms in total. The summed E-state index contributed by atoms with van der Waals surface area (Å²) in [6, 6.07) is 0. The quantitative estimate of drug-likeness (QED) is 0.319. The highest BCUT2D eigenvalue weighted by Crippen LogP contribution is 1.95. The molecular weight excluding hydrogens is 160 g/mol. The highest BCUT2D eigenvalue weighted by molar-refractivity contribution is 7.74. The van der Waals surface area contributed by atoms with Crippen LogP contribution in [-0.2, 0) is 25.1 Å². The van der Waals surface area contributed by atoms with Crippen molar-refractivity contribution in [2.45, 2.75) is 0 Å². The van der Waals surface area contributed by atoms with Crippen LogP contribution in [-0.4, -0.2) is 21.8 Å². The van der Waals surface area contributed by atoms with Crippen molar-refractivity contribution in [3.05, 3.63) is 12.3 Å². The number of ether oxygens (including phenoxy) is 1. The highest BCUT2D eigenvalue weighted by Gasteiger charge is 2.07. The fraction of sp³-hybridized carbons (Fsp3) is 0.250. The summed E-state index contributed by atoms with van der Waals surface area (Å²) >= 11 is -2.86. The molecule has 0 fully saturated rings. The molecule has 6 heteroatoms. The van der Waals surface area contributed by atoms with Gasteiger partial charge in [-0.1, -0.05) is 0 Å². The number of hydrogen-bond donors (Lipinski definition) is 0. The Kier molecular flexibility index (Phi) is 3.67. The van der Waals surface area contributed by atoms with Gasteiger partial charge in [-0.25, -0.2) is 9.00 Å². The molecule has 0 radical (unpaired) electrons. The Hall–Kier alpha value is -0.880. The predicted octanol–water partition coefficient (Wildman–Crippen LogP) is -0.516. The summed E-state index contributed by atoms with van der Waals surface area (Å²) in [6.07, 6.45) is 0. The molecule has 0 saturated carbocycles. The third-order valence-corrected chi connectivity index (χ3v) is 0.905. The second-order valence-electron chi connectivity index (χ2n) is 1.20. The Labute approximate surface area is 60.1 Å². The average Bonchev–Trinajstić information content (AvgIpc) is 1.85. The minimum Gasteiger partial charge on any atom is -0.740 e. The minimum absolute atomic E-state index is 0.357. The van der Waals surface area contributed by atoms with Gasteiger partial charge >= 0.3 is 5.97 Å². The zero-order chi connectivity index (χ0) is 8.15. The van der Waals surface area contributed by atoms with Gasteiger partial charge in [0.2, 0.25) is 0 Å². The smallest absolute Gasteiger partial charge is 0.386 e. The summed E-state index contributed by atoms with van der Waals surface area (Å²) in [7, 11) is 1.18. The Morgan fingerprint density at radius 1 is 1.70 bits per heavy atom. The lowest BCUT2D eigenvalue weighted by atomic mass is 10.6. The van der Waals surface area contributed by atoms with Gasteiger partial charge in [0.05, 0.1) is 7.11 Å². The van der Waals surface area contributed by atoms with Crippen molar-refractivity contribution in [3.63, 3.8) is 0 Å². The fourth-order valence-corrected chi connectivity index (χ4v) is 0.408. The van der Waals surface area contributed by atoms with Crippen molar-refractivity contribution in [3.8, 4) is 0 Å². The molecule has 0 N–H and O–H groups in total. The number of rotatable bonds is 3. The molecular formula is C4H5O5S-. The second-order valence-corrected chi connectivity index (χ2v) is 1.78. The largest absolute Gasteiger partial charge is 0.740 e. The molecule has 0 aliphatic heterocycles. The molecule has 0 heterocycles. The lowest BCUT2D eigenvalue weighted by Gasteiger charge is -2.05. The van der Waals surface area contributed by atoms with Crippen molar-refractivity contribution in [1.82, 2.24) is 0 Å². The molecule has 0 spiro atoms. The SMILES string of the molecule is C=C(OC)C(=O)OS(=O)[O-]. The monoisotopic (exact) mass is 165 g/mol. The van der Waals surface area contributed by atoms with Crippen LogP contribution in [0.1, 0.15) is 0 Å². The van der Waals surface area contributed by atoms with Crippen molar-refractivity contribution in [1.29, 1.82) is 0 Å². The molecule has 1 unspecified atom stereocenters. The summed E-state index contributed by atoms with van der Waals surface area (Å²) in [4.78, 5) is 10.3. The fourth-order valence-electron chi connectivity index (χ4n) is 0.192. The van der Waals surface area contributed by atoms with E-state index in [1.54, 1.807) is 0 Å². The van der Waals surface area contributed by atoms with E-state index in [2.05, 4.69) is 15.5 Å². The van der Waals surface area contributed by atoms with E-state index >= 15 is 0 Å². The highest BCUT2D eigenvalue weighted by atomic mass is 32.2. The van der Waals surface area contributed by atoms with Gasteiger partial charge in [-0.2, -0.15) is 0 Å². The molecule has 0 aliphatic rings. The van der Waals surface area contributed by atoms with Crippen LogP contribution in [0.4, 0.5) is 0 Å². The van der Waals surface area contributed by atoms with Gasteiger partial charge in [0.1, 0.15) is 11.4 Å². The van der Waals surface area contributed by atoms with Crippen LogP contribution in [0, 0.1) is 0 Å². The van der Waals surface area contributed by atoms with Crippen LogP contribution in [0.3, 0.4) is 0 Å². The number of carbonyl (C=O) groups is 1. The third-order valence-electron chi connectivity index (χ3n) is 0.618. The lowest BCUT2D eigenvalue weighted by molar-refractivity contribution is -0.133. The zero-order valence-corrected chi connectivity index (χ0v) is 5.97. The number of hydrogen-bond acceptors (Lipinski definition) is 5. The third kappa shape index (κ3) is 3.21. The molecule has 0 aliphatic carbocycles. The maximum atomic E-state index is 10.3. The minimum atomic E-state index is -2.86. The van der Waals surface area contributed by atoms with Gasteiger partial charge in [0.15, 0.2) is 5.76 Å². The van der Waals surface area contributed by atoms with Crippen LogP contribution in [0.15, 0.2) is 12.3 Å². The molecule has 1 atom stereocenters. The topological polar surface area (TPSA) is 75.7 Å². The summed E-state index contributed by atoms with van der Waals surface area (Å²) in [5.41, 5.74) is 0. The predicted molar refractivity (Wildman–Crippen MR) is 31.2 cm³/mol. The molecule has 0 saturated heterocycles. The molecule has 0 rings (SSSR count). The Balaban J connectivity index is 3.86. The standard InChI is InChI=1S/C4H6O5S/c1-3(8-2)4(5)9-10(6)7/h1H2,2H3,(H,6,7)/p-1. The first-order chi connectivity index (χ1) is 4.57. The molecule has 0 amide bonds. The molecule has 58 valence electrons. The van der Waals surface area contributed by atoms with E-state index in [1.807, 2.05) is 0 Å². The van der Waals surface area contributed by atoms with Crippen LogP contribution in [0.25, 0.3) is 0 Å². The van der Waals surface area contributed by atoms with E-state index in [0.717, 1.165) is 0 Å². The molecule has 0 aromatic rings. The van der Waals surface area contributed by atoms with Gasteiger partial charge in [-0.15, -0.1) is 0 Å². The van der Waals surface area contributed by atoms with Crippen LogP contribution in [0.5, 0.6) is 0 Å². The molecule has 10 heavy (non-hydrogen) atoms. The normalized spacial score (nSPS) is 11.8. The second kappa shape index (κ2) is 4.02. The Bertz CT molecular complexity index is 174. The first-order valence-electron chi connectivity index (χ1n) is 2.12. The van der Waals surface area contributed by atoms with Crippen LogP contribution >= 0.6 is 0 Å². The summed E-state index contributed by atoms with van der Waals surface area (Å²) in [5.74, 6) is -1.47.